The van der Waals surface area contributed by atoms with Crippen LogP contribution in [0.25, 0.3) is 0 Å². The fourth-order valence-corrected chi connectivity index (χ4v) is 1.71. The molecular weight excluding hydrogens is 250 g/mol. The van der Waals surface area contributed by atoms with Crippen LogP contribution in [0.2, 0.25) is 6.04 Å². The fourth-order valence-electron chi connectivity index (χ4n) is 0.761. The quantitative estimate of drug-likeness (QED) is 0.297. The van der Waals surface area contributed by atoms with Crippen LogP contribution in [0.5, 0.6) is 0 Å². The van der Waals surface area contributed by atoms with Gasteiger partial charge in [0, 0.05) is 5.57 Å². The van der Waals surface area contributed by atoms with E-state index in [0.29, 0.717) is 18.8 Å². The predicted octanol–water partition coefficient (Wildman–Crippen LogP) is 0.185. The molecule has 0 radical (unpaired) electrons. The third-order valence-corrected chi connectivity index (χ3v) is 2.87. The number of nitrogens with zero attached hydrogens (tertiary/aromatic N) is 1. The first kappa shape index (κ1) is 19.6. The zero-order valence-corrected chi connectivity index (χ0v) is 13.5. The lowest BCUT2D eigenvalue weighted by Gasteiger charge is -2.04. The second-order valence-corrected chi connectivity index (χ2v) is 5.82. The Morgan fingerprint density at radius 2 is 1.89 bits per heavy atom. The van der Waals surface area contributed by atoms with Crippen LogP contribution in [0.3, 0.4) is 0 Å². The molecule has 18 heavy (non-hydrogen) atoms. The van der Waals surface area contributed by atoms with Crippen LogP contribution < -0.4 is 0 Å². The van der Waals surface area contributed by atoms with E-state index in [1.54, 1.807) is 6.92 Å². The molecule has 0 saturated heterocycles. The highest BCUT2D eigenvalue weighted by Gasteiger charge is 2.01. The topological polar surface area (TPSA) is 59.0 Å². The zero-order chi connectivity index (χ0) is 14.4. The Labute approximate surface area is 113 Å². The Hall–Kier alpha value is -0.693. The number of rotatable bonds is 8. The summed E-state index contributed by atoms with van der Waals surface area (Å²) in [7, 11) is 5.46. The average Bonchev–Trinajstić information content (AvgIpc) is 2.26. The Kier molecular flexibility index (Phi) is 15.7. The van der Waals surface area contributed by atoms with Crippen LogP contribution in [0, 0.1) is 0 Å². The summed E-state index contributed by atoms with van der Waals surface area (Å²) in [5.74, 6) is -0.331. The second-order valence-electron chi connectivity index (χ2n) is 4.30. The summed E-state index contributed by atoms with van der Waals surface area (Å²) in [5.41, 5.74) is 0.429. The van der Waals surface area contributed by atoms with Crippen LogP contribution in [-0.2, 0) is 14.0 Å². The number of esters is 1. The maximum atomic E-state index is 10.9. The van der Waals surface area contributed by atoms with E-state index in [1.807, 2.05) is 26.0 Å². The minimum absolute atomic E-state index is 0.0810. The van der Waals surface area contributed by atoms with Gasteiger partial charge in [-0.2, -0.15) is 0 Å². The van der Waals surface area contributed by atoms with Gasteiger partial charge in [0.05, 0.1) is 19.8 Å². The summed E-state index contributed by atoms with van der Waals surface area (Å²) < 4.78 is 10.1. The molecule has 0 rings (SSSR count). The van der Waals surface area contributed by atoms with E-state index in [2.05, 4.69) is 6.58 Å². The molecule has 0 heterocycles. The minimum Gasteiger partial charge on any atom is -0.462 e. The predicted molar refractivity (Wildman–Crippen MR) is 76.4 cm³/mol. The van der Waals surface area contributed by atoms with Gasteiger partial charge in [-0.15, -0.1) is 0 Å². The lowest BCUT2D eigenvalue weighted by Crippen LogP contribution is -2.08. The van der Waals surface area contributed by atoms with Gasteiger partial charge in [0.25, 0.3) is 0 Å². The second kappa shape index (κ2) is 14.4. The number of aliphatic hydroxyl groups excluding tert-OH is 1. The molecule has 5 nitrogen and oxygen atoms in total. The summed E-state index contributed by atoms with van der Waals surface area (Å²) in [4.78, 5) is 12.9. The van der Waals surface area contributed by atoms with Crippen molar-refractivity contribution >= 4 is 15.7 Å². The molecule has 0 aromatic rings. The van der Waals surface area contributed by atoms with E-state index in [4.69, 9.17) is 14.3 Å². The van der Waals surface area contributed by atoms with Crippen LogP contribution in [0.1, 0.15) is 13.3 Å². The molecule has 0 spiro atoms. The first-order valence-corrected chi connectivity index (χ1v) is 7.61. The number of carbonyl (C=O) groups excluding carboxylic acids is 1. The summed E-state index contributed by atoms with van der Waals surface area (Å²) in [5, 5.41) is 8.42. The number of carbonyl (C=O) groups is 1. The van der Waals surface area contributed by atoms with Crippen molar-refractivity contribution in [3.05, 3.63) is 12.2 Å². The summed E-state index contributed by atoms with van der Waals surface area (Å²) in [6, 6.07) is 0.962. The monoisotopic (exact) mass is 277 g/mol. The summed E-state index contributed by atoms with van der Waals surface area (Å²) >= 11 is 0. The molecule has 0 aromatic carbocycles. The van der Waals surface area contributed by atoms with Crippen molar-refractivity contribution in [2.45, 2.75) is 19.4 Å². The van der Waals surface area contributed by atoms with Gasteiger partial charge in [0.15, 0.2) is 9.76 Å². The van der Waals surface area contributed by atoms with Crippen LogP contribution in [0.4, 0.5) is 0 Å². The molecule has 6 heteroatoms. The van der Waals surface area contributed by atoms with Crippen molar-refractivity contribution in [1.82, 2.24) is 4.90 Å². The van der Waals surface area contributed by atoms with Gasteiger partial charge in [0.2, 0.25) is 0 Å². The molecule has 0 atom stereocenters. The normalized spacial score (nSPS) is 10.3. The third kappa shape index (κ3) is 20.7. The molecule has 0 saturated carbocycles. The van der Waals surface area contributed by atoms with Crippen molar-refractivity contribution in [1.29, 1.82) is 0 Å². The molecule has 0 bridgehead atoms. The Morgan fingerprint density at radius 1 is 1.33 bits per heavy atom. The minimum atomic E-state index is -0.538. The Morgan fingerprint density at radius 3 is 2.33 bits per heavy atom. The molecule has 108 valence electrons. The van der Waals surface area contributed by atoms with Gasteiger partial charge >= 0.3 is 5.97 Å². The first-order valence-electron chi connectivity index (χ1n) is 6.04. The van der Waals surface area contributed by atoms with Gasteiger partial charge in [-0.25, -0.2) is 4.79 Å². The van der Waals surface area contributed by atoms with E-state index in [1.165, 1.54) is 0 Å². The van der Waals surface area contributed by atoms with E-state index in [0.717, 1.165) is 12.5 Å². The van der Waals surface area contributed by atoms with Crippen molar-refractivity contribution in [2.24, 2.45) is 0 Å². The van der Waals surface area contributed by atoms with Gasteiger partial charge in [0.1, 0.15) is 0 Å². The van der Waals surface area contributed by atoms with Gasteiger partial charge < -0.3 is 19.2 Å². The van der Waals surface area contributed by atoms with Crippen molar-refractivity contribution in [2.75, 3.05) is 41.0 Å². The summed E-state index contributed by atoms with van der Waals surface area (Å²) in [6.07, 6.45) is 0.830. The molecule has 0 fully saturated rings. The molecule has 1 N–H and O–H groups in total. The molecule has 0 amide bonds. The Balaban J connectivity index is 0. The van der Waals surface area contributed by atoms with Gasteiger partial charge in [-0.05, 0) is 40.5 Å². The van der Waals surface area contributed by atoms with E-state index in [9.17, 15) is 4.79 Å². The molecule has 0 aliphatic heterocycles. The van der Waals surface area contributed by atoms with Crippen molar-refractivity contribution < 1.29 is 19.1 Å². The van der Waals surface area contributed by atoms with Crippen LogP contribution in [-0.4, -0.2) is 66.7 Å². The lowest BCUT2D eigenvalue weighted by atomic mass is 10.4. The number of aliphatic hydroxyl groups is 1. The Bertz CT molecular complexity index is 219. The fraction of sp³-hybridized carbons (Fsp3) is 0.750. The van der Waals surface area contributed by atoms with Crippen molar-refractivity contribution in [3.8, 4) is 0 Å². The van der Waals surface area contributed by atoms with E-state index in [-0.39, 0.29) is 12.6 Å². The van der Waals surface area contributed by atoms with Gasteiger partial charge in [-0.3, -0.25) is 0 Å². The molecule has 0 aliphatic carbocycles. The third-order valence-electron chi connectivity index (χ3n) is 1.50. The highest BCUT2D eigenvalue weighted by molar-refractivity contribution is 6.26. The van der Waals surface area contributed by atoms with Crippen LogP contribution >= 0.6 is 0 Å². The summed E-state index contributed by atoms with van der Waals surface area (Å²) in [6.45, 7) is 6.04. The van der Waals surface area contributed by atoms with Crippen LogP contribution in [0.15, 0.2) is 12.2 Å². The number of hydrogen-bond acceptors (Lipinski definition) is 5. The molecule has 0 aromatic heterocycles. The maximum absolute atomic E-state index is 10.9. The smallest absolute Gasteiger partial charge is 0.333 e. The SMILES string of the molecule is C=C(C)C(=O)OCCC[SiH2]OCCO.CN(C)C. The largest absolute Gasteiger partial charge is 0.462 e. The van der Waals surface area contributed by atoms with E-state index >= 15 is 0 Å². The average molecular weight is 277 g/mol. The highest BCUT2D eigenvalue weighted by atomic mass is 28.2. The molecule has 0 unspecified atom stereocenters. The lowest BCUT2D eigenvalue weighted by molar-refractivity contribution is -0.138. The van der Waals surface area contributed by atoms with Gasteiger partial charge in [-0.1, -0.05) is 6.58 Å². The first-order chi connectivity index (χ1) is 8.41. The van der Waals surface area contributed by atoms with Crippen molar-refractivity contribution in [3.63, 3.8) is 0 Å². The van der Waals surface area contributed by atoms with E-state index < -0.39 is 9.76 Å². The highest BCUT2D eigenvalue weighted by Crippen LogP contribution is 1.96. The molecular formula is C12H27NO4Si. The number of hydrogen-bond donors (Lipinski definition) is 1. The maximum Gasteiger partial charge on any atom is 0.333 e. The molecule has 0 aliphatic rings. The standard InChI is InChI=1S/C9H18O4Si.C3H9N/c1-8(2)9(11)12-5-3-7-14-13-6-4-10;1-4(2)3/h10H,1,3-7,14H2,2H3;1-3H3. The number of ether oxygens (including phenoxy) is 1. The zero-order valence-electron chi connectivity index (χ0n) is 12.1.